The van der Waals surface area contributed by atoms with E-state index in [1.54, 1.807) is 0 Å². The number of nitrogens with two attached hydrogens (primary N) is 1. The molecule has 0 saturated carbocycles. The molecule has 0 aliphatic rings. The van der Waals surface area contributed by atoms with Crippen LogP contribution in [0.15, 0.2) is 9.64 Å². The first-order valence-corrected chi connectivity index (χ1v) is 8.12. The zero-order valence-electron chi connectivity index (χ0n) is 12.3. The van der Waals surface area contributed by atoms with Crippen LogP contribution in [-0.4, -0.2) is 39.8 Å². The third-order valence-corrected chi connectivity index (χ3v) is 3.66. The second-order valence-corrected chi connectivity index (χ2v) is 5.47. The number of rotatable bonds is 10. The smallest absolute Gasteiger partial charge is 0.277 e. The molecule has 1 amide bonds. The molecule has 2 N–H and O–H groups in total. The first-order valence-electron chi connectivity index (χ1n) is 7.14. The number of nitrogens with zero attached hydrogens (tertiary/aromatic N) is 3. The lowest BCUT2D eigenvalue weighted by atomic mass is 10.2. The Kier molecular flexibility index (Phi) is 8.29. The van der Waals surface area contributed by atoms with Gasteiger partial charge >= 0.3 is 0 Å². The Balaban J connectivity index is 2.43. The highest BCUT2D eigenvalue weighted by molar-refractivity contribution is 7.99. The number of aromatic nitrogens is 2. The first kappa shape index (κ1) is 17.0. The average Bonchev–Trinajstić information content (AvgIpc) is 2.93. The van der Waals surface area contributed by atoms with Crippen molar-refractivity contribution in [2.24, 2.45) is 5.73 Å². The molecule has 0 saturated heterocycles. The third kappa shape index (κ3) is 5.92. The molecule has 0 aromatic carbocycles. The largest absolute Gasteiger partial charge is 0.415 e. The van der Waals surface area contributed by atoms with Crippen LogP contribution in [-0.2, 0) is 11.3 Å². The van der Waals surface area contributed by atoms with Gasteiger partial charge in [0.05, 0.1) is 12.3 Å². The second-order valence-electron chi connectivity index (χ2n) is 4.54. The van der Waals surface area contributed by atoms with Gasteiger partial charge < -0.3 is 15.1 Å². The molecule has 7 heteroatoms. The molecule has 1 aromatic heterocycles. The minimum atomic E-state index is 0.129. The molecule has 0 atom stereocenters. The van der Waals surface area contributed by atoms with Crippen LogP contribution in [0.1, 0.15) is 45.4 Å². The van der Waals surface area contributed by atoms with Crippen LogP contribution in [0.25, 0.3) is 0 Å². The maximum absolute atomic E-state index is 12.2. The summed E-state index contributed by atoms with van der Waals surface area (Å²) in [5, 5.41) is 8.01. The first-order chi connectivity index (χ1) is 9.71. The topological polar surface area (TPSA) is 85.2 Å². The number of carbonyl (C=O) groups is 1. The van der Waals surface area contributed by atoms with E-state index in [0.717, 1.165) is 38.8 Å². The zero-order chi connectivity index (χ0) is 14.8. The van der Waals surface area contributed by atoms with Crippen LogP contribution in [0.2, 0.25) is 0 Å². The van der Waals surface area contributed by atoms with Gasteiger partial charge in [-0.2, -0.15) is 0 Å². The van der Waals surface area contributed by atoms with Gasteiger partial charge in [-0.05, 0) is 12.8 Å². The Morgan fingerprint density at radius 1 is 1.25 bits per heavy atom. The van der Waals surface area contributed by atoms with Gasteiger partial charge in [-0.1, -0.05) is 38.5 Å². The Bertz CT molecular complexity index is 389. The average molecular weight is 300 g/mol. The molecule has 0 unspecified atom stereocenters. The summed E-state index contributed by atoms with van der Waals surface area (Å²) in [4.78, 5) is 14.1. The summed E-state index contributed by atoms with van der Waals surface area (Å²) in [5.41, 5.74) is 5.40. The molecular formula is C13H24N4O2S. The maximum Gasteiger partial charge on any atom is 0.277 e. The van der Waals surface area contributed by atoms with E-state index < -0.39 is 0 Å². The van der Waals surface area contributed by atoms with Gasteiger partial charge in [0.25, 0.3) is 5.22 Å². The lowest BCUT2D eigenvalue weighted by molar-refractivity contribution is -0.128. The van der Waals surface area contributed by atoms with Crippen LogP contribution in [0, 0.1) is 0 Å². The highest BCUT2D eigenvalue weighted by atomic mass is 32.2. The maximum atomic E-state index is 12.2. The van der Waals surface area contributed by atoms with Gasteiger partial charge in [0, 0.05) is 13.1 Å². The van der Waals surface area contributed by atoms with Gasteiger partial charge in [0.1, 0.15) is 0 Å². The minimum absolute atomic E-state index is 0.129. The van der Waals surface area contributed by atoms with E-state index in [-0.39, 0.29) is 12.5 Å². The number of unbranched alkanes of at least 4 members (excludes halogenated alkanes) is 2. The van der Waals surface area contributed by atoms with Crippen molar-refractivity contribution < 1.29 is 9.21 Å². The Morgan fingerprint density at radius 2 is 1.90 bits per heavy atom. The highest BCUT2D eigenvalue weighted by Gasteiger charge is 2.15. The lowest BCUT2D eigenvalue weighted by Crippen LogP contribution is -2.34. The van der Waals surface area contributed by atoms with Crippen LogP contribution in [0.4, 0.5) is 0 Å². The SMILES string of the molecule is CCCCN(CCCC)C(=O)CSc1nnc(CN)o1. The summed E-state index contributed by atoms with van der Waals surface area (Å²) in [6.45, 7) is 6.14. The molecule has 0 radical (unpaired) electrons. The van der Waals surface area contributed by atoms with E-state index in [0.29, 0.717) is 16.9 Å². The molecule has 20 heavy (non-hydrogen) atoms. The van der Waals surface area contributed by atoms with Gasteiger partial charge in [0.2, 0.25) is 11.8 Å². The van der Waals surface area contributed by atoms with Crippen LogP contribution in [0.5, 0.6) is 0 Å². The summed E-state index contributed by atoms with van der Waals surface area (Å²) < 4.78 is 5.27. The number of carbonyl (C=O) groups excluding carboxylic acids is 1. The molecule has 1 heterocycles. The standard InChI is InChI=1S/C13H24N4O2S/c1-3-5-7-17(8-6-4-2)12(18)10-20-13-16-15-11(9-14)19-13/h3-10,14H2,1-2H3. The second kappa shape index (κ2) is 9.77. The number of thioether (sulfide) groups is 1. The van der Waals surface area contributed by atoms with Crippen molar-refractivity contribution in [3.8, 4) is 0 Å². The van der Waals surface area contributed by atoms with E-state index in [1.165, 1.54) is 11.8 Å². The van der Waals surface area contributed by atoms with E-state index in [2.05, 4.69) is 24.0 Å². The molecule has 114 valence electrons. The van der Waals surface area contributed by atoms with Crippen molar-refractivity contribution in [2.45, 2.75) is 51.3 Å². The van der Waals surface area contributed by atoms with Crippen molar-refractivity contribution in [2.75, 3.05) is 18.8 Å². The minimum Gasteiger partial charge on any atom is -0.415 e. The molecule has 1 aromatic rings. The molecule has 0 fully saturated rings. The summed E-state index contributed by atoms with van der Waals surface area (Å²) in [7, 11) is 0. The third-order valence-electron chi connectivity index (χ3n) is 2.86. The Morgan fingerprint density at radius 3 is 2.40 bits per heavy atom. The van der Waals surface area contributed by atoms with Crippen molar-refractivity contribution in [3.63, 3.8) is 0 Å². The van der Waals surface area contributed by atoms with E-state index >= 15 is 0 Å². The van der Waals surface area contributed by atoms with Gasteiger partial charge in [-0.15, -0.1) is 10.2 Å². The van der Waals surface area contributed by atoms with Crippen LogP contribution >= 0.6 is 11.8 Å². The van der Waals surface area contributed by atoms with Crippen molar-refractivity contribution >= 4 is 17.7 Å². The molecule has 0 aliphatic heterocycles. The van der Waals surface area contributed by atoms with Crippen molar-refractivity contribution in [3.05, 3.63) is 5.89 Å². The van der Waals surface area contributed by atoms with E-state index in [4.69, 9.17) is 10.2 Å². The van der Waals surface area contributed by atoms with Crippen molar-refractivity contribution in [1.29, 1.82) is 0 Å². The molecule has 0 spiro atoms. The molecule has 6 nitrogen and oxygen atoms in total. The summed E-state index contributed by atoms with van der Waals surface area (Å²) in [6, 6.07) is 0. The fourth-order valence-corrected chi connectivity index (χ4v) is 2.34. The quantitative estimate of drug-likeness (QED) is 0.666. The normalized spacial score (nSPS) is 10.8. The molecular weight excluding hydrogens is 276 g/mol. The number of hydrogen-bond donors (Lipinski definition) is 1. The lowest BCUT2D eigenvalue weighted by Gasteiger charge is -2.21. The highest BCUT2D eigenvalue weighted by Crippen LogP contribution is 2.16. The van der Waals surface area contributed by atoms with Gasteiger partial charge in [-0.25, -0.2) is 0 Å². The molecule has 0 bridgehead atoms. The Labute approximate surface area is 124 Å². The summed E-state index contributed by atoms with van der Waals surface area (Å²) in [6.07, 6.45) is 4.26. The number of amides is 1. The fraction of sp³-hybridized carbons (Fsp3) is 0.769. The number of hydrogen-bond acceptors (Lipinski definition) is 6. The van der Waals surface area contributed by atoms with Gasteiger partial charge in [-0.3, -0.25) is 4.79 Å². The monoisotopic (exact) mass is 300 g/mol. The summed E-state index contributed by atoms with van der Waals surface area (Å²) >= 11 is 1.27. The van der Waals surface area contributed by atoms with Crippen LogP contribution < -0.4 is 5.73 Å². The summed E-state index contributed by atoms with van der Waals surface area (Å²) in [5.74, 6) is 0.859. The van der Waals surface area contributed by atoms with Gasteiger partial charge in [0.15, 0.2) is 0 Å². The van der Waals surface area contributed by atoms with Crippen LogP contribution in [0.3, 0.4) is 0 Å². The van der Waals surface area contributed by atoms with Crippen molar-refractivity contribution in [1.82, 2.24) is 15.1 Å². The predicted octanol–water partition coefficient (Wildman–Crippen LogP) is 2.05. The Hall–Kier alpha value is -1.08. The van der Waals surface area contributed by atoms with E-state index in [9.17, 15) is 4.79 Å². The molecule has 0 aliphatic carbocycles. The fourth-order valence-electron chi connectivity index (χ4n) is 1.65. The zero-order valence-corrected chi connectivity index (χ0v) is 13.1. The van der Waals surface area contributed by atoms with E-state index in [1.807, 2.05) is 4.90 Å². The predicted molar refractivity (Wildman–Crippen MR) is 79.3 cm³/mol. The molecule has 1 rings (SSSR count).